The number of pyridine rings is 4. The summed E-state index contributed by atoms with van der Waals surface area (Å²) in [6.07, 6.45) is 7.48. The first-order chi connectivity index (χ1) is 35.2. The minimum atomic E-state index is -4.11. The molecule has 0 saturated heterocycles. The molecule has 0 aliphatic carbocycles. The van der Waals surface area contributed by atoms with E-state index >= 15 is 0 Å². The Bertz CT molecular complexity index is 3470. The Hall–Kier alpha value is -4.94. The van der Waals surface area contributed by atoms with Gasteiger partial charge in [0.25, 0.3) is 5.56 Å². The molecular weight excluding hydrogens is 1280 g/mol. The maximum Gasteiger partial charge on any atom is 0.268 e. The van der Waals surface area contributed by atoms with Crippen molar-refractivity contribution in [3.8, 4) is 34.3 Å². The zero-order chi connectivity index (χ0) is 57.0. The number of primary sulfonamides is 1. The van der Waals surface area contributed by atoms with Gasteiger partial charge in [-0.2, -0.15) is 0 Å². The van der Waals surface area contributed by atoms with Crippen LogP contribution >= 0.6 is 54.5 Å². The van der Waals surface area contributed by atoms with Crippen LogP contribution in [0.4, 0.5) is 5.82 Å². The number of sulfonamides is 3. The summed E-state index contributed by atoms with van der Waals surface area (Å²) in [5, 5.41) is 13.5. The van der Waals surface area contributed by atoms with Crippen molar-refractivity contribution in [2.75, 3.05) is 5.32 Å². The van der Waals surface area contributed by atoms with Gasteiger partial charge in [0.2, 0.25) is 41.8 Å². The number of nitrogens with two attached hydrogens (primary N) is 1. The number of H-pyrrole nitrogens is 1. The number of hydrogen-bond acceptors (Lipinski definition) is 15. The lowest BCUT2D eigenvalue weighted by Crippen LogP contribution is -2.42. The highest BCUT2D eigenvalue weighted by Gasteiger charge is 2.28. The number of halogens is 3. The normalized spacial score (nSPS) is 12.0. The molecule has 7 rings (SSSR count). The maximum absolute atomic E-state index is 12.4. The van der Waals surface area contributed by atoms with Crippen LogP contribution in [0.1, 0.15) is 88.8 Å². The molecule has 76 heavy (non-hydrogen) atoms. The minimum Gasteiger partial charge on any atom is -0.474 e. The summed E-state index contributed by atoms with van der Waals surface area (Å²) in [4.78, 5) is 30.6. The molecule has 7 aromatic rings. The summed E-state index contributed by atoms with van der Waals surface area (Å²) in [5.74, 6) is 0.858. The molecule has 0 saturated carbocycles. The van der Waals surface area contributed by atoms with Gasteiger partial charge < -0.3 is 19.8 Å². The molecule has 6 N–H and O–H groups in total. The first-order valence-electron chi connectivity index (χ1n) is 23.4. The van der Waals surface area contributed by atoms with Gasteiger partial charge in [-0.3, -0.25) is 9.78 Å². The van der Waals surface area contributed by atoms with Crippen LogP contribution in [-0.4, -0.2) is 87.0 Å². The zero-order valence-corrected chi connectivity index (χ0v) is 51.8. The van der Waals surface area contributed by atoms with Gasteiger partial charge >= 0.3 is 0 Å². The lowest BCUT2D eigenvalue weighted by Gasteiger charge is -2.21. The number of benzene rings is 1. The number of rotatable bonds is 14. The Morgan fingerprint density at radius 2 is 1.25 bits per heavy atom. The van der Waals surface area contributed by atoms with Gasteiger partial charge in [-0.25, -0.2) is 59.3 Å². The van der Waals surface area contributed by atoms with E-state index in [4.69, 9.17) is 19.6 Å². The predicted molar refractivity (Wildman–Crippen MR) is 312 cm³/mol. The second kappa shape index (κ2) is 27.1. The van der Waals surface area contributed by atoms with Gasteiger partial charge in [0, 0.05) is 66.1 Å². The molecule has 0 unspecified atom stereocenters. The monoisotopic (exact) mass is 1340 g/mol. The molecule has 0 amide bonds. The lowest BCUT2D eigenvalue weighted by atomic mass is 10.1. The quantitative estimate of drug-likeness (QED) is 0.0500. The summed E-state index contributed by atoms with van der Waals surface area (Å²) in [6.45, 7) is 22.4. The van der Waals surface area contributed by atoms with Crippen molar-refractivity contribution in [2.24, 2.45) is 5.14 Å². The van der Waals surface area contributed by atoms with Crippen LogP contribution in [0.2, 0.25) is 0 Å². The molecule has 26 heteroatoms. The van der Waals surface area contributed by atoms with Gasteiger partial charge in [0.1, 0.15) is 20.2 Å². The van der Waals surface area contributed by atoms with E-state index in [0.717, 1.165) is 26.3 Å². The van der Waals surface area contributed by atoms with E-state index in [-0.39, 0.29) is 44.5 Å². The van der Waals surface area contributed by atoms with Crippen LogP contribution in [0.5, 0.6) is 11.8 Å². The molecule has 1 aromatic carbocycles. The molecule has 412 valence electrons. The standard InChI is InChI=1S/C26H25N7O3S.C12H19BrN2O3S.C9H13BrN2O3S.C3H7I/c1-17(2)36-26-22(37(27,34)35)14-19(15-30-26)24-31-25(29-16-20-10-6-7-12-28-20)23-21(11-13-33(23)32-24)18-8-4-3-5-9-18;1-8(2)18-11-10(6-9(13)7-14-11)19(16,17)15-12(3,4)5;1-9(2,3)12-16(14,15)7-4-6(10)5-11-8(7)13;1-3(2)4/h3-15,17H,16H2,1-2H3,(H2,27,34,35)(H,29,31,32);6-8,15H,1-5H3;4-5,12H,1-3H3,(H,11,13);3H,1-2H3. The van der Waals surface area contributed by atoms with Crippen molar-refractivity contribution in [1.29, 1.82) is 0 Å². The topological polar surface area (TPSA) is 285 Å². The molecule has 0 aliphatic heterocycles. The number of anilines is 1. The third-order valence-corrected chi connectivity index (χ3v) is 14.2. The van der Waals surface area contributed by atoms with E-state index < -0.39 is 46.7 Å². The van der Waals surface area contributed by atoms with Gasteiger partial charge in [0.15, 0.2) is 11.6 Å². The Morgan fingerprint density at radius 1 is 0.711 bits per heavy atom. The zero-order valence-electron chi connectivity index (χ0n) is 44.0. The van der Waals surface area contributed by atoms with E-state index in [0.29, 0.717) is 26.9 Å². The SMILES string of the molecule is CC(C)(C)NS(=O)(=O)c1cc(Br)c[nH]c1=O.CC(C)I.CC(C)Oc1ncc(-c2nc(NCc3ccccn3)c3c(-c4ccccc4)ccn3n2)cc1S(N)(=O)=O.CC(C)Oc1ncc(Br)cc1S(=O)(=O)NC(C)(C)C. The van der Waals surface area contributed by atoms with Crippen LogP contribution in [0.25, 0.3) is 28.0 Å². The average Bonchev–Trinajstić information content (AvgIpc) is 3.73. The molecule has 0 aliphatic rings. The highest BCUT2D eigenvalue weighted by molar-refractivity contribution is 14.1. The van der Waals surface area contributed by atoms with E-state index in [1.54, 1.807) is 66.1 Å². The second-order valence-electron chi connectivity index (χ2n) is 19.4. The van der Waals surface area contributed by atoms with E-state index in [1.165, 1.54) is 36.8 Å². The third-order valence-electron chi connectivity index (χ3n) is 8.92. The van der Waals surface area contributed by atoms with Crippen LogP contribution in [0, 0.1) is 0 Å². The Labute approximate surface area is 475 Å². The molecule has 0 spiro atoms. The fourth-order valence-electron chi connectivity index (χ4n) is 6.33. The summed E-state index contributed by atoms with van der Waals surface area (Å²) in [7, 11) is -11.6. The van der Waals surface area contributed by atoms with Crippen molar-refractivity contribution in [3.63, 3.8) is 0 Å². The molecule has 0 bridgehead atoms. The molecule has 0 atom stereocenters. The van der Waals surface area contributed by atoms with Gasteiger partial charge in [0.05, 0.1) is 24.4 Å². The number of ether oxygens (including phenoxy) is 2. The van der Waals surface area contributed by atoms with Gasteiger partial charge in [-0.15, -0.1) is 5.10 Å². The van der Waals surface area contributed by atoms with Gasteiger partial charge in [-0.05, 0) is 143 Å². The van der Waals surface area contributed by atoms with E-state index in [9.17, 15) is 30.0 Å². The molecule has 0 fully saturated rings. The minimum absolute atomic E-state index is 0.0329. The number of aromatic amines is 1. The highest BCUT2D eigenvalue weighted by atomic mass is 127. The third kappa shape index (κ3) is 20.1. The van der Waals surface area contributed by atoms with Crippen LogP contribution < -0.4 is 34.9 Å². The van der Waals surface area contributed by atoms with Crippen molar-refractivity contribution in [3.05, 3.63) is 129 Å². The van der Waals surface area contributed by atoms with Crippen LogP contribution in [0.3, 0.4) is 0 Å². The fourth-order valence-corrected chi connectivity index (χ4v) is 11.0. The Kier molecular flexibility index (Phi) is 22.7. The predicted octanol–water partition coefficient (Wildman–Crippen LogP) is 9.65. The summed E-state index contributed by atoms with van der Waals surface area (Å²) < 4.78 is 92.7. The van der Waals surface area contributed by atoms with Crippen LogP contribution in [-0.2, 0) is 36.6 Å². The van der Waals surface area contributed by atoms with Crippen molar-refractivity contribution in [2.45, 2.75) is 132 Å². The first-order valence-corrected chi connectivity index (χ1v) is 30.7. The first kappa shape index (κ1) is 63.6. The second-order valence-corrected chi connectivity index (χ2v) is 28.6. The number of hydrogen-bond donors (Lipinski definition) is 5. The smallest absolute Gasteiger partial charge is 0.268 e. The van der Waals surface area contributed by atoms with E-state index in [2.05, 4.69) is 108 Å². The maximum atomic E-state index is 12.4. The van der Waals surface area contributed by atoms with Crippen molar-refractivity contribution >= 4 is 95.9 Å². The number of fused-ring (bicyclic) bond motifs is 1. The van der Waals surface area contributed by atoms with Gasteiger partial charge in [-0.1, -0.05) is 72.8 Å². The lowest BCUT2D eigenvalue weighted by molar-refractivity contribution is 0.225. The summed E-state index contributed by atoms with van der Waals surface area (Å²) in [5.41, 5.74) is 2.09. The Balaban J connectivity index is 0.000000267. The fraction of sp³-hybridized carbons (Fsp3) is 0.360. The number of aromatic nitrogens is 7. The molecular formula is C50H64Br2IN11O9S3. The number of nitrogens with zero attached hydrogens (tertiary/aromatic N) is 6. The molecule has 20 nitrogen and oxygen atoms in total. The number of alkyl halides is 1. The molecule has 6 aromatic heterocycles. The largest absolute Gasteiger partial charge is 0.474 e. The average molecular weight is 1350 g/mol. The van der Waals surface area contributed by atoms with Crippen LogP contribution in [0.15, 0.2) is 132 Å². The molecule has 6 heterocycles. The molecule has 0 radical (unpaired) electrons. The highest BCUT2D eigenvalue weighted by Crippen LogP contribution is 2.33. The Morgan fingerprint density at radius 3 is 1.79 bits per heavy atom. The number of nitrogens with one attached hydrogen (secondary N) is 4. The van der Waals surface area contributed by atoms with Crippen molar-refractivity contribution < 1.29 is 34.7 Å². The summed E-state index contributed by atoms with van der Waals surface area (Å²) >= 11 is 8.67. The summed E-state index contributed by atoms with van der Waals surface area (Å²) in [6, 6.07) is 21.7. The van der Waals surface area contributed by atoms with Crippen molar-refractivity contribution in [1.82, 2.24) is 44.0 Å². The van der Waals surface area contributed by atoms with E-state index in [1.807, 2.05) is 74.6 Å².